The molecule has 3 nitrogen and oxygen atoms in total. The van der Waals surface area contributed by atoms with E-state index in [1.54, 1.807) is 0 Å². The molecule has 0 atom stereocenters. The minimum Gasteiger partial charge on any atom is -0.328 e. The van der Waals surface area contributed by atoms with Crippen molar-refractivity contribution in [3.05, 3.63) is 30.1 Å². The zero-order chi connectivity index (χ0) is 14.6. The first-order valence-electron chi connectivity index (χ1n) is 7.66. The maximum Gasteiger partial charge on any atom is 0.110 e. The number of hydrogen-bond acceptors (Lipinski definition) is 2. The molecule has 0 unspecified atom stereocenters. The summed E-state index contributed by atoms with van der Waals surface area (Å²) in [5.41, 5.74) is 2.67. The van der Waals surface area contributed by atoms with Crippen molar-refractivity contribution in [3.63, 3.8) is 0 Å². The van der Waals surface area contributed by atoms with Gasteiger partial charge in [-0.25, -0.2) is 4.98 Å². The molecule has 2 rings (SSSR count). The van der Waals surface area contributed by atoms with E-state index in [1.807, 2.05) is 7.05 Å². The largest absolute Gasteiger partial charge is 0.328 e. The van der Waals surface area contributed by atoms with Crippen molar-refractivity contribution in [2.24, 2.45) is 5.41 Å². The predicted octanol–water partition coefficient (Wildman–Crippen LogP) is 3.62. The van der Waals surface area contributed by atoms with Gasteiger partial charge in [0.25, 0.3) is 0 Å². The molecule has 0 aliphatic rings. The Morgan fingerprint density at radius 3 is 2.70 bits per heavy atom. The minimum atomic E-state index is 0.274. The molecule has 0 bridgehead atoms. The van der Waals surface area contributed by atoms with Crippen LogP contribution in [-0.4, -0.2) is 23.1 Å². The molecule has 0 saturated heterocycles. The number of aromatic nitrogens is 2. The molecule has 0 radical (unpaired) electrons. The van der Waals surface area contributed by atoms with Crippen LogP contribution in [0.2, 0.25) is 0 Å². The highest BCUT2D eigenvalue weighted by atomic mass is 15.1. The van der Waals surface area contributed by atoms with Crippen LogP contribution in [0, 0.1) is 5.41 Å². The van der Waals surface area contributed by atoms with Gasteiger partial charge in [-0.15, -0.1) is 0 Å². The Morgan fingerprint density at radius 1 is 1.25 bits per heavy atom. The third kappa shape index (κ3) is 3.40. The van der Waals surface area contributed by atoms with E-state index in [0.29, 0.717) is 0 Å². The summed E-state index contributed by atoms with van der Waals surface area (Å²) < 4.78 is 2.40. The van der Waals surface area contributed by atoms with Crippen molar-refractivity contribution in [1.82, 2.24) is 14.9 Å². The van der Waals surface area contributed by atoms with Crippen molar-refractivity contribution in [3.8, 4) is 0 Å². The lowest BCUT2D eigenvalue weighted by molar-refractivity contribution is 0.318. The summed E-state index contributed by atoms with van der Waals surface area (Å²) >= 11 is 0. The molecule has 0 amide bonds. The van der Waals surface area contributed by atoms with Crippen LogP contribution >= 0.6 is 0 Å². The second-order valence-corrected chi connectivity index (χ2v) is 6.36. The van der Waals surface area contributed by atoms with Crippen molar-refractivity contribution < 1.29 is 0 Å². The summed E-state index contributed by atoms with van der Waals surface area (Å²) in [7, 11) is 2.02. The highest BCUT2D eigenvalue weighted by molar-refractivity contribution is 5.75. The molecule has 0 aliphatic heterocycles. The van der Waals surface area contributed by atoms with Crippen LogP contribution in [0.4, 0.5) is 0 Å². The van der Waals surface area contributed by atoms with E-state index >= 15 is 0 Å². The van der Waals surface area contributed by atoms with Gasteiger partial charge in [0.2, 0.25) is 0 Å². The fourth-order valence-electron chi connectivity index (χ4n) is 2.71. The fourth-order valence-corrected chi connectivity index (χ4v) is 2.71. The Balaban J connectivity index is 2.30. The number of hydrogen-bond donors (Lipinski definition) is 1. The Hall–Kier alpha value is -1.35. The van der Waals surface area contributed by atoms with Crippen LogP contribution in [0.3, 0.4) is 0 Å². The summed E-state index contributed by atoms with van der Waals surface area (Å²) in [6.45, 7) is 9.00. The van der Waals surface area contributed by atoms with Crippen LogP contribution in [0.25, 0.3) is 11.0 Å². The normalized spacial score (nSPS) is 12.2. The first-order chi connectivity index (χ1) is 9.57. The van der Waals surface area contributed by atoms with Gasteiger partial charge in [-0.05, 0) is 44.0 Å². The van der Waals surface area contributed by atoms with Gasteiger partial charge in [-0.2, -0.15) is 0 Å². The molecule has 3 heteroatoms. The minimum absolute atomic E-state index is 0.274. The van der Waals surface area contributed by atoms with Crippen LogP contribution in [-0.2, 0) is 13.0 Å². The van der Waals surface area contributed by atoms with Crippen LogP contribution in [0.15, 0.2) is 24.3 Å². The lowest BCUT2D eigenvalue weighted by Crippen LogP contribution is -2.23. The number of para-hydroxylation sites is 2. The van der Waals surface area contributed by atoms with E-state index in [9.17, 15) is 0 Å². The molecule has 110 valence electrons. The standard InChI is InChI=1S/C17H27N3/c1-5-12-20-15-9-7-6-8-14(15)19-16(20)13-17(2,3)10-11-18-4/h6-9,18H,5,10-13H2,1-4H3. The predicted molar refractivity (Wildman–Crippen MR) is 86.1 cm³/mol. The Bertz CT molecular complexity index is 554. The van der Waals surface area contributed by atoms with Crippen molar-refractivity contribution >= 4 is 11.0 Å². The number of nitrogens with zero attached hydrogens (tertiary/aromatic N) is 2. The maximum atomic E-state index is 4.87. The zero-order valence-corrected chi connectivity index (χ0v) is 13.2. The summed E-state index contributed by atoms with van der Waals surface area (Å²) in [4.78, 5) is 4.87. The molecule has 1 N–H and O–H groups in total. The average molecular weight is 273 g/mol. The molecular weight excluding hydrogens is 246 g/mol. The van der Waals surface area contributed by atoms with Gasteiger partial charge in [0.15, 0.2) is 0 Å². The third-order valence-corrected chi connectivity index (χ3v) is 3.87. The van der Waals surface area contributed by atoms with E-state index in [4.69, 9.17) is 4.98 Å². The van der Waals surface area contributed by atoms with Gasteiger partial charge in [0.05, 0.1) is 11.0 Å². The van der Waals surface area contributed by atoms with E-state index < -0.39 is 0 Å². The van der Waals surface area contributed by atoms with Crippen LogP contribution < -0.4 is 5.32 Å². The monoisotopic (exact) mass is 273 g/mol. The summed E-state index contributed by atoms with van der Waals surface area (Å²) in [5.74, 6) is 1.23. The molecule has 2 aromatic rings. The van der Waals surface area contributed by atoms with Gasteiger partial charge in [-0.3, -0.25) is 0 Å². The van der Waals surface area contributed by atoms with E-state index in [-0.39, 0.29) is 5.41 Å². The highest BCUT2D eigenvalue weighted by Crippen LogP contribution is 2.27. The fraction of sp³-hybridized carbons (Fsp3) is 0.588. The highest BCUT2D eigenvalue weighted by Gasteiger charge is 2.22. The molecule has 1 aromatic heterocycles. The molecule has 1 heterocycles. The smallest absolute Gasteiger partial charge is 0.110 e. The van der Waals surface area contributed by atoms with Crippen molar-refractivity contribution in [2.45, 2.75) is 46.6 Å². The van der Waals surface area contributed by atoms with Gasteiger partial charge < -0.3 is 9.88 Å². The van der Waals surface area contributed by atoms with Gasteiger partial charge in [0, 0.05) is 13.0 Å². The van der Waals surface area contributed by atoms with E-state index in [0.717, 1.165) is 31.4 Å². The van der Waals surface area contributed by atoms with Crippen molar-refractivity contribution in [1.29, 1.82) is 0 Å². The lowest BCUT2D eigenvalue weighted by atomic mass is 9.85. The Kier molecular flexibility index (Phi) is 4.81. The number of rotatable bonds is 7. The van der Waals surface area contributed by atoms with Crippen LogP contribution in [0.5, 0.6) is 0 Å². The molecular formula is C17H27N3. The summed E-state index contributed by atoms with van der Waals surface area (Å²) in [6, 6.07) is 8.47. The number of nitrogens with one attached hydrogen (secondary N) is 1. The number of aryl methyl sites for hydroxylation is 1. The topological polar surface area (TPSA) is 29.9 Å². The second kappa shape index (κ2) is 6.40. The molecule has 1 aromatic carbocycles. The van der Waals surface area contributed by atoms with Crippen molar-refractivity contribution in [2.75, 3.05) is 13.6 Å². The summed E-state index contributed by atoms with van der Waals surface area (Å²) in [5, 5.41) is 3.25. The quantitative estimate of drug-likeness (QED) is 0.835. The number of imidazole rings is 1. The van der Waals surface area contributed by atoms with Gasteiger partial charge >= 0.3 is 0 Å². The maximum absolute atomic E-state index is 4.87. The molecule has 0 saturated carbocycles. The van der Waals surface area contributed by atoms with Gasteiger partial charge in [0.1, 0.15) is 5.82 Å². The molecule has 0 fully saturated rings. The zero-order valence-electron chi connectivity index (χ0n) is 13.2. The average Bonchev–Trinajstić information content (AvgIpc) is 2.74. The summed E-state index contributed by atoms with van der Waals surface area (Å²) in [6.07, 6.45) is 3.34. The third-order valence-electron chi connectivity index (χ3n) is 3.87. The number of fused-ring (bicyclic) bond motifs is 1. The molecule has 0 spiro atoms. The van der Waals surface area contributed by atoms with Crippen LogP contribution in [0.1, 0.15) is 39.4 Å². The first kappa shape index (κ1) is 15.0. The SMILES string of the molecule is CCCn1c(CC(C)(C)CCNC)nc2ccccc21. The van der Waals surface area contributed by atoms with E-state index in [1.165, 1.54) is 17.8 Å². The second-order valence-electron chi connectivity index (χ2n) is 6.36. The van der Waals surface area contributed by atoms with E-state index in [2.05, 4.69) is 54.9 Å². The Labute approximate surface area is 122 Å². The Morgan fingerprint density at radius 2 is 2.00 bits per heavy atom. The lowest BCUT2D eigenvalue weighted by Gasteiger charge is -2.24. The molecule has 0 aliphatic carbocycles. The first-order valence-corrected chi connectivity index (χ1v) is 7.66. The molecule has 20 heavy (non-hydrogen) atoms. The van der Waals surface area contributed by atoms with Gasteiger partial charge in [-0.1, -0.05) is 32.9 Å². The number of benzene rings is 1.